The molecular weight excluding hydrogens is 307 g/mol. The number of halogens is 2. The Balaban J connectivity index is 1.93. The molecule has 3 nitrogen and oxygen atoms in total. The van der Waals surface area contributed by atoms with E-state index in [-0.39, 0.29) is 18.5 Å². The summed E-state index contributed by atoms with van der Waals surface area (Å²) in [5.74, 6) is 0.0705. The Morgan fingerprint density at radius 2 is 2.12 bits per heavy atom. The van der Waals surface area contributed by atoms with Gasteiger partial charge in [0.15, 0.2) is 6.29 Å². The summed E-state index contributed by atoms with van der Waals surface area (Å²) >= 11 is 9.37. The monoisotopic (exact) mass is 318 g/mol. The zero-order valence-electron chi connectivity index (χ0n) is 9.12. The lowest BCUT2D eigenvalue weighted by Crippen LogP contribution is -2.16. The predicted molar refractivity (Wildman–Crippen MR) is 68.2 cm³/mol. The number of carbonyl (C=O) groups is 1. The van der Waals surface area contributed by atoms with Gasteiger partial charge in [0, 0.05) is 15.9 Å². The number of rotatable bonds is 4. The molecule has 1 heterocycles. The van der Waals surface area contributed by atoms with Crippen LogP contribution in [0.25, 0.3) is 0 Å². The topological polar surface area (TPSA) is 35.5 Å². The van der Waals surface area contributed by atoms with Crippen molar-refractivity contribution in [3.8, 4) is 0 Å². The average molecular weight is 320 g/mol. The van der Waals surface area contributed by atoms with Gasteiger partial charge in [0.2, 0.25) is 0 Å². The quantitative estimate of drug-likeness (QED) is 0.856. The lowest BCUT2D eigenvalue weighted by atomic mass is 10.1. The molecule has 0 spiro atoms. The van der Waals surface area contributed by atoms with Gasteiger partial charge in [0.25, 0.3) is 0 Å². The molecule has 0 unspecified atom stereocenters. The van der Waals surface area contributed by atoms with Gasteiger partial charge in [-0.25, -0.2) is 0 Å². The van der Waals surface area contributed by atoms with E-state index in [9.17, 15) is 4.79 Å². The number of benzene rings is 1. The van der Waals surface area contributed by atoms with Crippen LogP contribution in [0, 0.1) is 0 Å². The zero-order chi connectivity index (χ0) is 12.3. The fraction of sp³-hybridized carbons (Fsp3) is 0.417. The third kappa shape index (κ3) is 3.78. The summed E-state index contributed by atoms with van der Waals surface area (Å²) in [6, 6.07) is 5.50. The first-order chi connectivity index (χ1) is 8.15. The van der Waals surface area contributed by atoms with E-state index in [1.165, 1.54) is 0 Å². The molecule has 1 fully saturated rings. The Hall–Kier alpha value is -0.420. The Bertz CT molecular complexity index is 416. The molecule has 17 heavy (non-hydrogen) atoms. The summed E-state index contributed by atoms with van der Waals surface area (Å²) in [4.78, 5) is 11.8. The van der Waals surface area contributed by atoms with Crippen LogP contribution in [0.15, 0.2) is 22.7 Å². The van der Waals surface area contributed by atoms with E-state index in [4.69, 9.17) is 21.1 Å². The van der Waals surface area contributed by atoms with Gasteiger partial charge in [-0.3, -0.25) is 4.79 Å². The number of hydrogen-bond donors (Lipinski definition) is 0. The van der Waals surface area contributed by atoms with Crippen molar-refractivity contribution in [2.24, 2.45) is 0 Å². The van der Waals surface area contributed by atoms with Crippen molar-refractivity contribution in [2.75, 3.05) is 13.2 Å². The van der Waals surface area contributed by atoms with E-state index in [1.807, 2.05) is 12.1 Å². The van der Waals surface area contributed by atoms with Crippen molar-refractivity contribution in [2.45, 2.75) is 19.1 Å². The van der Waals surface area contributed by atoms with Crippen LogP contribution >= 0.6 is 27.5 Å². The number of hydrogen-bond acceptors (Lipinski definition) is 3. The van der Waals surface area contributed by atoms with Crippen LogP contribution in [0.5, 0.6) is 0 Å². The lowest BCUT2D eigenvalue weighted by molar-refractivity contribution is -0.126. The second-order valence-electron chi connectivity index (χ2n) is 3.83. The van der Waals surface area contributed by atoms with E-state index >= 15 is 0 Å². The average Bonchev–Trinajstić information content (AvgIpc) is 2.75. The standard InChI is InChI=1S/C12H12BrClO3/c13-9-2-1-8(11(14)6-9)5-10(15)7-12-16-3-4-17-12/h1-2,6,12H,3-5,7H2. The highest BCUT2D eigenvalue weighted by atomic mass is 79.9. The van der Waals surface area contributed by atoms with Crippen LogP contribution < -0.4 is 0 Å². The van der Waals surface area contributed by atoms with E-state index < -0.39 is 0 Å². The van der Waals surface area contributed by atoms with Gasteiger partial charge in [-0.2, -0.15) is 0 Å². The maximum atomic E-state index is 11.8. The SMILES string of the molecule is O=C(Cc1ccc(Br)cc1Cl)CC1OCCO1. The summed E-state index contributed by atoms with van der Waals surface area (Å²) in [6.45, 7) is 1.13. The largest absolute Gasteiger partial charge is 0.350 e. The maximum Gasteiger partial charge on any atom is 0.164 e. The highest BCUT2D eigenvalue weighted by Gasteiger charge is 2.20. The van der Waals surface area contributed by atoms with Gasteiger partial charge >= 0.3 is 0 Å². The van der Waals surface area contributed by atoms with Gasteiger partial charge in [0.05, 0.1) is 19.6 Å². The molecule has 92 valence electrons. The Morgan fingerprint density at radius 3 is 2.76 bits per heavy atom. The molecular formula is C12H12BrClO3. The molecule has 0 N–H and O–H groups in total. The second-order valence-corrected chi connectivity index (χ2v) is 5.15. The Labute approximate surface area is 113 Å². The maximum absolute atomic E-state index is 11.8. The van der Waals surface area contributed by atoms with Crippen LogP contribution in [0.4, 0.5) is 0 Å². The van der Waals surface area contributed by atoms with Gasteiger partial charge in [-0.15, -0.1) is 0 Å². The number of carbonyl (C=O) groups excluding carboxylic acids is 1. The summed E-state index contributed by atoms with van der Waals surface area (Å²) in [5, 5.41) is 0.598. The van der Waals surface area contributed by atoms with E-state index in [0.29, 0.717) is 24.7 Å². The van der Waals surface area contributed by atoms with Crippen LogP contribution in [0.3, 0.4) is 0 Å². The van der Waals surface area contributed by atoms with E-state index in [2.05, 4.69) is 15.9 Å². The summed E-state index contributed by atoms with van der Waals surface area (Å²) < 4.78 is 11.4. The Morgan fingerprint density at radius 1 is 1.41 bits per heavy atom. The van der Waals surface area contributed by atoms with Crippen LogP contribution in [-0.2, 0) is 20.7 Å². The van der Waals surface area contributed by atoms with Gasteiger partial charge in [-0.1, -0.05) is 33.6 Å². The highest BCUT2D eigenvalue weighted by molar-refractivity contribution is 9.10. The Kier molecular flexibility index (Phi) is 4.56. The van der Waals surface area contributed by atoms with Crippen molar-refractivity contribution in [3.05, 3.63) is 33.3 Å². The smallest absolute Gasteiger partial charge is 0.164 e. The number of ether oxygens (including phenoxy) is 2. The molecule has 0 saturated carbocycles. The van der Waals surface area contributed by atoms with Crippen molar-refractivity contribution in [3.63, 3.8) is 0 Å². The summed E-state index contributed by atoms with van der Waals surface area (Å²) in [6.07, 6.45) is 0.221. The fourth-order valence-electron chi connectivity index (χ4n) is 1.66. The fourth-order valence-corrected chi connectivity index (χ4v) is 2.40. The third-order valence-electron chi connectivity index (χ3n) is 2.49. The number of ketones is 1. The first kappa shape index (κ1) is 13.0. The predicted octanol–water partition coefficient (Wildman–Crippen LogP) is 2.98. The molecule has 2 rings (SSSR count). The minimum atomic E-state index is -0.378. The molecule has 1 aromatic rings. The zero-order valence-corrected chi connectivity index (χ0v) is 11.5. The summed E-state index contributed by atoms with van der Waals surface area (Å²) in [5.41, 5.74) is 0.831. The molecule has 0 atom stereocenters. The van der Waals surface area contributed by atoms with Gasteiger partial charge in [-0.05, 0) is 17.7 Å². The van der Waals surface area contributed by atoms with E-state index in [0.717, 1.165) is 10.0 Å². The van der Waals surface area contributed by atoms with Crippen LogP contribution in [0.1, 0.15) is 12.0 Å². The lowest BCUT2D eigenvalue weighted by Gasteiger charge is -2.08. The molecule has 0 aliphatic carbocycles. The molecule has 1 saturated heterocycles. The molecule has 0 aromatic heterocycles. The van der Waals surface area contributed by atoms with Crippen molar-refractivity contribution < 1.29 is 14.3 Å². The van der Waals surface area contributed by atoms with Crippen LogP contribution in [0.2, 0.25) is 5.02 Å². The minimum absolute atomic E-state index is 0.0705. The molecule has 0 amide bonds. The molecule has 0 radical (unpaired) electrons. The van der Waals surface area contributed by atoms with Gasteiger partial charge in [0.1, 0.15) is 5.78 Å². The first-order valence-electron chi connectivity index (χ1n) is 5.34. The van der Waals surface area contributed by atoms with Gasteiger partial charge < -0.3 is 9.47 Å². The minimum Gasteiger partial charge on any atom is -0.350 e. The molecule has 1 aliphatic heterocycles. The normalized spacial score (nSPS) is 16.4. The van der Waals surface area contributed by atoms with Crippen molar-refractivity contribution >= 4 is 33.3 Å². The number of Topliss-reactive ketones (excluding diaryl/α,β-unsaturated/α-hetero) is 1. The third-order valence-corrected chi connectivity index (χ3v) is 3.33. The molecule has 1 aromatic carbocycles. The first-order valence-corrected chi connectivity index (χ1v) is 6.51. The second kappa shape index (κ2) is 5.96. The van der Waals surface area contributed by atoms with E-state index in [1.54, 1.807) is 6.07 Å². The molecule has 1 aliphatic rings. The highest BCUT2D eigenvalue weighted by Crippen LogP contribution is 2.22. The van der Waals surface area contributed by atoms with Crippen molar-refractivity contribution in [1.29, 1.82) is 0 Å². The molecule has 5 heteroatoms. The van der Waals surface area contributed by atoms with Crippen LogP contribution in [-0.4, -0.2) is 25.3 Å². The van der Waals surface area contributed by atoms with Crippen molar-refractivity contribution in [1.82, 2.24) is 0 Å². The summed E-state index contributed by atoms with van der Waals surface area (Å²) in [7, 11) is 0. The molecule has 0 bridgehead atoms.